The van der Waals surface area contributed by atoms with Crippen molar-refractivity contribution in [2.75, 3.05) is 6.54 Å². The average molecular weight is 235 g/mol. The molecule has 0 amide bonds. The molecule has 90 valence electrons. The van der Waals surface area contributed by atoms with Gasteiger partial charge in [0, 0.05) is 12.1 Å². The van der Waals surface area contributed by atoms with Gasteiger partial charge in [0.1, 0.15) is 0 Å². The smallest absolute Gasteiger partial charge is 0.274 e. The summed E-state index contributed by atoms with van der Waals surface area (Å²) in [4.78, 5) is 0. The molecule has 0 spiro atoms. The van der Waals surface area contributed by atoms with Crippen LogP contribution in [0.25, 0.3) is 0 Å². The highest BCUT2D eigenvalue weighted by atomic mass is 32.2. The first-order chi connectivity index (χ1) is 6.91. The summed E-state index contributed by atoms with van der Waals surface area (Å²) in [5.74, 6) is 0.701. The maximum absolute atomic E-state index is 11.0. The van der Waals surface area contributed by atoms with E-state index in [0.29, 0.717) is 12.5 Å². The van der Waals surface area contributed by atoms with Crippen molar-refractivity contribution in [1.82, 2.24) is 4.72 Å². The molecule has 0 bridgehead atoms. The molecule has 1 rings (SSSR count). The highest BCUT2D eigenvalue weighted by Crippen LogP contribution is 2.33. The van der Waals surface area contributed by atoms with Crippen molar-refractivity contribution in [1.29, 1.82) is 0 Å². The van der Waals surface area contributed by atoms with Gasteiger partial charge in [-0.25, -0.2) is 5.14 Å². The van der Waals surface area contributed by atoms with E-state index in [1.807, 2.05) is 0 Å². The van der Waals surface area contributed by atoms with Gasteiger partial charge >= 0.3 is 0 Å². The van der Waals surface area contributed by atoms with Crippen molar-refractivity contribution < 1.29 is 8.42 Å². The molecule has 5 N–H and O–H groups in total. The maximum Gasteiger partial charge on any atom is 0.274 e. The van der Waals surface area contributed by atoms with Gasteiger partial charge in [0.15, 0.2) is 0 Å². The van der Waals surface area contributed by atoms with Gasteiger partial charge in [-0.3, -0.25) is 0 Å². The quantitative estimate of drug-likeness (QED) is 0.643. The topological polar surface area (TPSA) is 98.2 Å². The molecule has 0 aromatic carbocycles. The largest absolute Gasteiger partial charge is 0.329 e. The third kappa shape index (κ3) is 3.71. The zero-order valence-corrected chi connectivity index (χ0v) is 10.0. The van der Waals surface area contributed by atoms with Crippen LogP contribution in [0.1, 0.15) is 39.0 Å². The van der Waals surface area contributed by atoms with Crippen molar-refractivity contribution in [3.8, 4) is 0 Å². The maximum atomic E-state index is 11.0. The first kappa shape index (κ1) is 12.9. The van der Waals surface area contributed by atoms with Crippen LogP contribution in [0.15, 0.2) is 0 Å². The Morgan fingerprint density at radius 3 is 2.27 bits per heavy atom. The van der Waals surface area contributed by atoms with E-state index in [1.165, 1.54) is 0 Å². The number of nitrogens with one attached hydrogen (secondary N) is 1. The van der Waals surface area contributed by atoms with E-state index in [4.69, 9.17) is 10.9 Å². The van der Waals surface area contributed by atoms with Gasteiger partial charge in [-0.05, 0) is 31.6 Å². The summed E-state index contributed by atoms with van der Waals surface area (Å²) < 4.78 is 24.5. The van der Waals surface area contributed by atoms with Crippen LogP contribution in [0.3, 0.4) is 0 Å². The van der Waals surface area contributed by atoms with Crippen LogP contribution in [-0.2, 0) is 10.2 Å². The summed E-state index contributed by atoms with van der Waals surface area (Å²) in [6.45, 7) is 2.48. The van der Waals surface area contributed by atoms with Crippen LogP contribution in [-0.4, -0.2) is 20.5 Å². The van der Waals surface area contributed by atoms with E-state index >= 15 is 0 Å². The second kappa shape index (κ2) is 4.78. The Morgan fingerprint density at radius 2 is 1.93 bits per heavy atom. The Labute approximate surface area is 91.8 Å². The summed E-state index contributed by atoms with van der Waals surface area (Å²) in [7, 11) is -3.65. The fourth-order valence-corrected chi connectivity index (χ4v) is 3.18. The molecular formula is C9H21N3O2S. The first-order valence-electron chi connectivity index (χ1n) is 5.42. The molecule has 6 heteroatoms. The van der Waals surface area contributed by atoms with E-state index in [9.17, 15) is 8.42 Å². The van der Waals surface area contributed by atoms with Crippen LogP contribution in [0.4, 0.5) is 0 Å². The van der Waals surface area contributed by atoms with Crippen LogP contribution in [0.5, 0.6) is 0 Å². The SMILES string of the molecule is CCC1CCC(CN)(NS(N)(=O)=O)CC1. The van der Waals surface area contributed by atoms with Crippen molar-refractivity contribution in [3.63, 3.8) is 0 Å². The minimum atomic E-state index is -3.65. The van der Waals surface area contributed by atoms with E-state index in [-0.39, 0.29) is 0 Å². The first-order valence-corrected chi connectivity index (χ1v) is 6.97. The monoisotopic (exact) mass is 235 g/mol. The second-order valence-electron chi connectivity index (χ2n) is 4.48. The van der Waals surface area contributed by atoms with E-state index in [1.54, 1.807) is 0 Å². The van der Waals surface area contributed by atoms with Gasteiger partial charge in [0.05, 0.1) is 0 Å². The van der Waals surface area contributed by atoms with Crippen LogP contribution in [0.2, 0.25) is 0 Å². The molecule has 1 fully saturated rings. The molecule has 1 aliphatic carbocycles. The van der Waals surface area contributed by atoms with Gasteiger partial charge in [0.25, 0.3) is 10.2 Å². The number of hydrogen-bond donors (Lipinski definition) is 3. The van der Waals surface area contributed by atoms with Gasteiger partial charge < -0.3 is 5.73 Å². The molecule has 1 saturated carbocycles. The Balaban J connectivity index is 2.64. The summed E-state index contributed by atoms with van der Waals surface area (Å²) in [6, 6.07) is 0. The van der Waals surface area contributed by atoms with Gasteiger partial charge in [0.2, 0.25) is 0 Å². The second-order valence-corrected chi connectivity index (χ2v) is 5.78. The van der Waals surface area contributed by atoms with E-state index < -0.39 is 15.7 Å². The summed E-state index contributed by atoms with van der Waals surface area (Å²) >= 11 is 0. The molecule has 0 aromatic heterocycles. The molecule has 0 unspecified atom stereocenters. The van der Waals surface area contributed by atoms with Crippen LogP contribution >= 0.6 is 0 Å². The van der Waals surface area contributed by atoms with Gasteiger partial charge in [-0.2, -0.15) is 13.1 Å². The lowest BCUT2D eigenvalue weighted by atomic mass is 9.76. The van der Waals surface area contributed by atoms with E-state index in [0.717, 1.165) is 32.1 Å². The molecule has 15 heavy (non-hydrogen) atoms. The molecule has 1 aliphatic rings. The molecule has 0 saturated heterocycles. The molecule has 0 aromatic rings. The number of nitrogens with two attached hydrogens (primary N) is 2. The minimum Gasteiger partial charge on any atom is -0.329 e. The van der Waals surface area contributed by atoms with Crippen molar-refractivity contribution in [2.45, 2.75) is 44.6 Å². The average Bonchev–Trinajstić information content (AvgIpc) is 2.16. The molecule has 0 radical (unpaired) electrons. The van der Waals surface area contributed by atoms with Crippen molar-refractivity contribution in [3.05, 3.63) is 0 Å². The Hall–Kier alpha value is -0.170. The third-order valence-electron chi connectivity index (χ3n) is 3.39. The Bertz CT molecular complexity index is 294. The Kier molecular flexibility index (Phi) is 4.11. The zero-order valence-electron chi connectivity index (χ0n) is 9.20. The van der Waals surface area contributed by atoms with Crippen molar-refractivity contribution in [2.24, 2.45) is 16.8 Å². The summed E-state index contributed by atoms with van der Waals surface area (Å²) in [5, 5.41) is 5.00. The lowest BCUT2D eigenvalue weighted by Gasteiger charge is -2.39. The van der Waals surface area contributed by atoms with Gasteiger partial charge in [-0.1, -0.05) is 13.3 Å². The normalized spacial score (nSPS) is 32.9. The highest BCUT2D eigenvalue weighted by molar-refractivity contribution is 7.87. The van der Waals surface area contributed by atoms with E-state index in [2.05, 4.69) is 11.6 Å². The minimum absolute atomic E-state index is 0.319. The lowest BCUT2D eigenvalue weighted by molar-refractivity contribution is 0.217. The molecular weight excluding hydrogens is 214 g/mol. The van der Waals surface area contributed by atoms with Crippen LogP contribution < -0.4 is 15.6 Å². The third-order valence-corrected chi connectivity index (χ3v) is 4.11. The molecule has 0 aliphatic heterocycles. The van der Waals surface area contributed by atoms with Crippen molar-refractivity contribution >= 4 is 10.2 Å². The van der Waals surface area contributed by atoms with Crippen LogP contribution in [0, 0.1) is 5.92 Å². The molecule has 0 heterocycles. The lowest BCUT2D eigenvalue weighted by Crippen LogP contribution is -2.57. The molecule has 0 atom stereocenters. The molecule has 5 nitrogen and oxygen atoms in total. The summed E-state index contributed by atoms with van der Waals surface area (Å²) in [5.41, 5.74) is 5.15. The number of rotatable bonds is 4. The summed E-state index contributed by atoms with van der Waals surface area (Å²) in [6.07, 6.45) is 4.78. The predicted molar refractivity (Wildman–Crippen MR) is 60.3 cm³/mol. The zero-order chi connectivity index (χ0) is 11.5. The number of hydrogen-bond acceptors (Lipinski definition) is 3. The standard InChI is InChI=1S/C9H21N3O2S/c1-2-8-3-5-9(7-10,6-4-8)12-15(11,13)14/h8,12H,2-7,10H2,1H3,(H2,11,13,14). The highest BCUT2D eigenvalue weighted by Gasteiger charge is 2.36. The fourth-order valence-electron chi connectivity index (χ4n) is 2.29. The predicted octanol–water partition coefficient (Wildman–Crippen LogP) is 0.0772. The Morgan fingerprint density at radius 1 is 1.40 bits per heavy atom. The van der Waals surface area contributed by atoms with Gasteiger partial charge in [-0.15, -0.1) is 0 Å². The fraction of sp³-hybridized carbons (Fsp3) is 1.00.